The van der Waals surface area contributed by atoms with Gasteiger partial charge in [-0.3, -0.25) is 9.59 Å². The number of rotatable bonds is 12. The first kappa shape index (κ1) is 24.2. The van der Waals surface area contributed by atoms with E-state index in [4.69, 9.17) is 0 Å². The first-order valence-electron chi connectivity index (χ1n) is 11.1. The van der Waals surface area contributed by atoms with Crippen LogP contribution in [0.5, 0.6) is 0 Å². The monoisotopic (exact) mass is 466 g/mol. The molecule has 4 nitrogen and oxygen atoms in total. The van der Waals surface area contributed by atoms with Gasteiger partial charge >= 0.3 is 0 Å². The zero-order valence-corrected chi connectivity index (χ0v) is 20.1. The zero-order chi connectivity index (χ0) is 22.6. The summed E-state index contributed by atoms with van der Waals surface area (Å²) in [5, 5.41) is 5.77. The molecule has 6 heteroatoms. The van der Waals surface area contributed by atoms with Crippen LogP contribution < -0.4 is 5.32 Å². The van der Waals surface area contributed by atoms with E-state index < -0.39 is 0 Å². The minimum absolute atomic E-state index is 0.0124. The van der Waals surface area contributed by atoms with E-state index in [9.17, 15) is 9.59 Å². The van der Waals surface area contributed by atoms with Gasteiger partial charge in [0.1, 0.15) is 0 Å². The van der Waals surface area contributed by atoms with E-state index in [-0.39, 0.29) is 16.9 Å². The molecule has 0 bridgehead atoms. The van der Waals surface area contributed by atoms with E-state index in [1.807, 2.05) is 53.9 Å². The first-order chi connectivity index (χ1) is 15.6. The number of anilines is 1. The molecule has 0 saturated heterocycles. The normalized spacial score (nSPS) is 11.8. The Labute approximate surface area is 198 Å². The van der Waals surface area contributed by atoms with Gasteiger partial charge in [-0.2, -0.15) is 0 Å². The maximum atomic E-state index is 12.2. The highest BCUT2D eigenvalue weighted by atomic mass is 32.2. The smallest absolute Gasteiger partial charge is 0.226 e. The number of carbonyl (C=O) groups excluding carboxylic acids is 2. The number of nitrogens with zero attached hydrogens (tertiary/aromatic N) is 1. The van der Waals surface area contributed by atoms with Gasteiger partial charge in [0, 0.05) is 29.5 Å². The fraction of sp³-hybridized carbons (Fsp3) is 0.346. The van der Waals surface area contributed by atoms with Gasteiger partial charge in [0.25, 0.3) is 0 Å². The van der Waals surface area contributed by atoms with Crippen LogP contribution in [0, 0.1) is 0 Å². The van der Waals surface area contributed by atoms with E-state index in [0.717, 1.165) is 42.7 Å². The van der Waals surface area contributed by atoms with Crippen LogP contribution in [-0.2, 0) is 9.59 Å². The van der Waals surface area contributed by atoms with Gasteiger partial charge in [-0.05, 0) is 24.3 Å². The Hall–Kier alpha value is -2.44. The molecule has 1 aromatic heterocycles. The quantitative estimate of drug-likeness (QED) is 0.288. The molecule has 1 N–H and O–H groups in total. The lowest BCUT2D eigenvalue weighted by molar-refractivity contribution is -0.116. The molecule has 1 heterocycles. The molecule has 168 valence electrons. The van der Waals surface area contributed by atoms with E-state index in [0.29, 0.717) is 18.0 Å². The van der Waals surface area contributed by atoms with Crippen molar-refractivity contribution < 1.29 is 9.59 Å². The summed E-state index contributed by atoms with van der Waals surface area (Å²) >= 11 is 2.89. The number of hydrogen-bond donors (Lipinski definition) is 1. The van der Waals surface area contributed by atoms with Gasteiger partial charge in [-0.25, -0.2) is 4.98 Å². The highest BCUT2D eigenvalue weighted by Gasteiger charge is 2.11. The number of aromatic nitrogens is 1. The summed E-state index contributed by atoms with van der Waals surface area (Å²) in [6.45, 7) is 2.10. The van der Waals surface area contributed by atoms with Crippen LogP contribution in [0.4, 0.5) is 5.13 Å². The van der Waals surface area contributed by atoms with E-state index >= 15 is 0 Å². The molecule has 2 aromatic carbocycles. The molecule has 3 rings (SSSR count). The van der Waals surface area contributed by atoms with Crippen molar-refractivity contribution in [3.63, 3.8) is 0 Å². The van der Waals surface area contributed by atoms with Crippen molar-refractivity contribution in [3.05, 3.63) is 71.6 Å². The van der Waals surface area contributed by atoms with Gasteiger partial charge in [-0.15, -0.1) is 11.3 Å². The Morgan fingerprint density at radius 2 is 1.66 bits per heavy atom. The molecular formula is C26H30N2O2S2. The lowest BCUT2D eigenvalue weighted by Crippen LogP contribution is -2.10. The molecule has 0 aliphatic rings. The molecule has 0 radical (unpaired) electrons. The van der Waals surface area contributed by atoms with Gasteiger partial charge in [0.2, 0.25) is 5.91 Å². The summed E-state index contributed by atoms with van der Waals surface area (Å²) in [5.41, 5.74) is 3.15. The summed E-state index contributed by atoms with van der Waals surface area (Å²) in [6, 6.07) is 20.1. The predicted octanol–water partition coefficient (Wildman–Crippen LogP) is 7.15. The van der Waals surface area contributed by atoms with Crippen molar-refractivity contribution in [2.45, 2.75) is 51.4 Å². The number of thiazole rings is 1. The molecule has 0 spiro atoms. The van der Waals surface area contributed by atoms with E-state index in [2.05, 4.69) is 29.4 Å². The van der Waals surface area contributed by atoms with Crippen molar-refractivity contribution in [2.24, 2.45) is 0 Å². The number of unbranched alkanes of at least 4 members (excludes halogenated alkanes) is 3. The van der Waals surface area contributed by atoms with Crippen LogP contribution in [0.2, 0.25) is 0 Å². The van der Waals surface area contributed by atoms with Gasteiger partial charge < -0.3 is 5.32 Å². The van der Waals surface area contributed by atoms with Crippen molar-refractivity contribution in [1.82, 2.24) is 4.98 Å². The van der Waals surface area contributed by atoms with Crippen molar-refractivity contribution >= 4 is 39.3 Å². The Morgan fingerprint density at radius 1 is 0.969 bits per heavy atom. The number of benzene rings is 2. The third-order valence-corrected chi connectivity index (χ3v) is 6.96. The van der Waals surface area contributed by atoms with Crippen LogP contribution in [0.15, 0.2) is 66.0 Å². The summed E-state index contributed by atoms with van der Waals surface area (Å²) in [7, 11) is 0. The molecule has 32 heavy (non-hydrogen) atoms. The van der Waals surface area contributed by atoms with Gasteiger partial charge in [-0.1, -0.05) is 92.2 Å². The molecule has 0 saturated carbocycles. The largest absolute Gasteiger partial charge is 0.302 e. The van der Waals surface area contributed by atoms with Crippen LogP contribution in [0.3, 0.4) is 0 Å². The Morgan fingerprint density at radius 3 is 2.41 bits per heavy atom. The molecule has 1 unspecified atom stereocenters. The van der Waals surface area contributed by atoms with Crippen LogP contribution in [0.25, 0.3) is 11.3 Å². The number of nitrogens with one attached hydrogen (secondary N) is 1. The van der Waals surface area contributed by atoms with E-state index in [1.54, 1.807) is 0 Å². The molecule has 1 amide bonds. The lowest BCUT2D eigenvalue weighted by Gasteiger charge is -2.10. The van der Waals surface area contributed by atoms with Gasteiger partial charge in [0.15, 0.2) is 10.2 Å². The summed E-state index contributed by atoms with van der Waals surface area (Å²) in [6.07, 6.45) is 4.97. The average molecular weight is 467 g/mol. The lowest BCUT2D eigenvalue weighted by atomic mass is 9.99. The Bertz CT molecular complexity index is 974. The highest BCUT2D eigenvalue weighted by Crippen LogP contribution is 2.25. The topological polar surface area (TPSA) is 59.1 Å². The second kappa shape index (κ2) is 13.2. The fourth-order valence-corrected chi connectivity index (χ4v) is 5.07. The maximum absolute atomic E-state index is 12.2. The van der Waals surface area contributed by atoms with Crippen molar-refractivity contribution in [3.8, 4) is 11.3 Å². The third kappa shape index (κ3) is 8.24. The summed E-state index contributed by atoms with van der Waals surface area (Å²) in [4.78, 5) is 28.8. The zero-order valence-electron chi connectivity index (χ0n) is 18.5. The Kier molecular flexibility index (Phi) is 9.98. The minimum atomic E-state index is 0.0124. The molecule has 1 atom stereocenters. The van der Waals surface area contributed by atoms with Crippen LogP contribution >= 0.6 is 23.1 Å². The third-order valence-electron chi connectivity index (χ3n) is 5.22. The standard InChI is InChI=1S/C26H30N2O2S2/c1-20(21-12-6-4-7-13-21)18-25(30)31-17-11-3-2-10-16-24(29)28-26-27-23(19-32-26)22-14-8-5-9-15-22/h4-9,12-15,19-20H,2-3,10-11,16-18H2,1H3,(H,27,28,29). The summed E-state index contributed by atoms with van der Waals surface area (Å²) in [5.74, 6) is 1.13. The molecular weight excluding hydrogens is 436 g/mol. The number of amides is 1. The number of carbonyl (C=O) groups is 2. The number of hydrogen-bond acceptors (Lipinski definition) is 5. The average Bonchev–Trinajstić information content (AvgIpc) is 3.28. The fourth-order valence-electron chi connectivity index (χ4n) is 3.39. The SMILES string of the molecule is CC(CC(=O)SCCCCCCC(=O)Nc1nc(-c2ccccc2)cs1)c1ccccc1. The maximum Gasteiger partial charge on any atom is 0.226 e. The molecule has 0 fully saturated rings. The number of thioether (sulfide) groups is 1. The van der Waals surface area contributed by atoms with Crippen molar-refractivity contribution in [2.75, 3.05) is 11.1 Å². The second-order valence-electron chi connectivity index (χ2n) is 7.85. The van der Waals surface area contributed by atoms with E-state index in [1.165, 1.54) is 28.7 Å². The van der Waals surface area contributed by atoms with Crippen LogP contribution in [0.1, 0.15) is 56.9 Å². The molecule has 0 aliphatic carbocycles. The minimum Gasteiger partial charge on any atom is -0.302 e. The first-order valence-corrected chi connectivity index (χ1v) is 13.0. The molecule has 0 aliphatic heterocycles. The van der Waals surface area contributed by atoms with Gasteiger partial charge in [0.05, 0.1) is 5.69 Å². The molecule has 3 aromatic rings. The van der Waals surface area contributed by atoms with Crippen molar-refractivity contribution in [1.29, 1.82) is 0 Å². The summed E-state index contributed by atoms with van der Waals surface area (Å²) < 4.78 is 0. The predicted molar refractivity (Wildman–Crippen MR) is 136 cm³/mol. The van der Waals surface area contributed by atoms with Crippen LogP contribution in [-0.4, -0.2) is 21.8 Å². The highest BCUT2D eigenvalue weighted by molar-refractivity contribution is 8.13. The Balaban J connectivity index is 1.23. The second-order valence-corrected chi connectivity index (χ2v) is 9.86.